The average molecular weight is 390 g/mol. The average Bonchev–Trinajstić information content (AvgIpc) is 3.21. The van der Waals surface area contributed by atoms with Gasteiger partial charge in [-0.3, -0.25) is 4.79 Å². The zero-order valence-corrected chi connectivity index (χ0v) is 16.1. The van der Waals surface area contributed by atoms with Gasteiger partial charge >= 0.3 is 0 Å². The van der Waals surface area contributed by atoms with Crippen molar-refractivity contribution in [2.24, 2.45) is 0 Å². The summed E-state index contributed by atoms with van der Waals surface area (Å²) in [6.45, 7) is 1.73. The normalized spacial score (nSPS) is 16.6. The fourth-order valence-electron chi connectivity index (χ4n) is 4.38. The van der Waals surface area contributed by atoms with Crippen LogP contribution in [0.4, 0.5) is 0 Å². The van der Waals surface area contributed by atoms with Gasteiger partial charge in [0.05, 0.1) is 24.2 Å². The Bertz CT molecular complexity index is 1100. The van der Waals surface area contributed by atoms with Gasteiger partial charge < -0.3 is 24.5 Å². The lowest BCUT2D eigenvalue weighted by Crippen LogP contribution is -2.47. The minimum absolute atomic E-state index is 0.00800. The van der Waals surface area contributed by atoms with Crippen LogP contribution in [-0.2, 0) is 5.60 Å². The van der Waals surface area contributed by atoms with Crippen LogP contribution >= 0.6 is 0 Å². The van der Waals surface area contributed by atoms with E-state index in [0.717, 1.165) is 43.1 Å². The van der Waals surface area contributed by atoms with Crippen LogP contribution in [0.2, 0.25) is 0 Å². The van der Waals surface area contributed by atoms with Crippen LogP contribution < -0.4 is 14.8 Å². The molecule has 0 aliphatic carbocycles. The Balaban J connectivity index is 1.67. The van der Waals surface area contributed by atoms with Crippen LogP contribution in [0, 0.1) is 0 Å². The zero-order chi connectivity index (χ0) is 20.0. The molecule has 0 radical (unpaired) electrons. The van der Waals surface area contributed by atoms with E-state index in [1.54, 1.807) is 12.1 Å². The lowest BCUT2D eigenvalue weighted by Gasteiger charge is -2.42. The second-order valence-electron chi connectivity index (χ2n) is 7.47. The topological polar surface area (TPSA) is 72.7 Å². The molecular weight excluding hydrogens is 368 g/mol. The first kappa shape index (κ1) is 17.8. The molecule has 29 heavy (non-hydrogen) atoms. The van der Waals surface area contributed by atoms with Crippen LogP contribution in [0.15, 0.2) is 54.6 Å². The van der Waals surface area contributed by atoms with E-state index in [4.69, 9.17) is 9.47 Å². The first-order valence-corrected chi connectivity index (χ1v) is 9.76. The number of para-hydroxylation sites is 2. The number of ether oxygens (including phenoxy) is 2. The molecule has 2 aliphatic heterocycles. The third kappa shape index (κ3) is 2.71. The highest BCUT2D eigenvalue weighted by Crippen LogP contribution is 2.45. The number of aromatic nitrogens is 1. The molecule has 0 atom stereocenters. The van der Waals surface area contributed by atoms with Gasteiger partial charge in [0.2, 0.25) is 5.78 Å². The second kappa shape index (κ2) is 6.67. The lowest BCUT2D eigenvalue weighted by molar-refractivity contribution is 0.0201. The summed E-state index contributed by atoms with van der Waals surface area (Å²) in [5.74, 6) is 0.944. The number of phenolic OH excluding ortho intramolecular Hbond substituents is 1. The number of hydrogen-bond donors (Lipinski definition) is 2. The standard InChI is InChI=1S/C23H22N2O4/c1-28-20-14-15(6-8-18(20)26)22(27)17-7-9-21-23(10-12-24-13-11-23)29-19-5-3-2-4-16(19)25(17)21/h2-9,14,24,26H,10-13H2,1H3. The number of fused-ring (bicyclic) bond motifs is 4. The number of rotatable bonds is 3. The number of benzene rings is 2. The minimum Gasteiger partial charge on any atom is -0.504 e. The van der Waals surface area contributed by atoms with Gasteiger partial charge in [0, 0.05) is 18.4 Å². The molecule has 2 aliphatic rings. The highest BCUT2D eigenvalue weighted by Gasteiger charge is 2.43. The van der Waals surface area contributed by atoms with Gasteiger partial charge in [-0.05, 0) is 55.6 Å². The van der Waals surface area contributed by atoms with Crippen molar-refractivity contribution in [1.29, 1.82) is 0 Å². The highest BCUT2D eigenvalue weighted by atomic mass is 16.5. The van der Waals surface area contributed by atoms with E-state index in [0.29, 0.717) is 11.3 Å². The molecule has 1 fully saturated rings. The van der Waals surface area contributed by atoms with Crippen molar-refractivity contribution in [1.82, 2.24) is 9.88 Å². The van der Waals surface area contributed by atoms with Gasteiger partial charge in [-0.25, -0.2) is 0 Å². The third-order valence-electron chi connectivity index (χ3n) is 5.84. The minimum atomic E-state index is -0.440. The SMILES string of the molecule is COc1cc(C(=O)c2ccc3n2-c2ccccc2OC32CCNCC2)ccc1O. The first-order chi connectivity index (χ1) is 14.1. The number of methoxy groups -OCH3 is 1. The van der Waals surface area contributed by atoms with E-state index < -0.39 is 5.60 Å². The van der Waals surface area contributed by atoms with E-state index in [2.05, 4.69) is 5.32 Å². The van der Waals surface area contributed by atoms with Gasteiger partial charge in [-0.1, -0.05) is 12.1 Å². The zero-order valence-electron chi connectivity index (χ0n) is 16.1. The molecule has 1 spiro atoms. The van der Waals surface area contributed by atoms with Crippen molar-refractivity contribution in [3.8, 4) is 22.9 Å². The Hall–Kier alpha value is -3.25. The summed E-state index contributed by atoms with van der Waals surface area (Å²) in [7, 11) is 1.47. The van der Waals surface area contributed by atoms with Crippen LogP contribution in [0.3, 0.4) is 0 Å². The summed E-state index contributed by atoms with van der Waals surface area (Å²) in [6, 6.07) is 16.4. The molecule has 3 heterocycles. The number of carbonyl (C=O) groups excluding carboxylic acids is 1. The smallest absolute Gasteiger partial charge is 0.209 e. The molecule has 0 unspecified atom stereocenters. The van der Waals surface area contributed by atoms with Crippen molar-refractivity contribution < 1.29 is 19.4 Å². The summed E-state index contributed by atoms with van der Waals surface area (Å²) in [5, 5.41) is 13.3. The number of nitrogens with one attached hydrogen (secondary N) is 1. The van der Waals surface area contributed by atoms with Crippen molar-refractivity contribution >= 4 is 5.78 Å². The van der Waals surface area contributed by atoms with Gasteiger partial charge in [0.15, 0.2) is 17.1 Å². The molecule has 5 rings (SSSR count). The van der Waals surface area contributed by atoms with Crippen molar-refractivity contribution in [3.63, 3.8) is 0 Å². The summed E-state index contributed by atoms with van der Waals surface area (Å²) in [5.41, 5.74) is 2.47. The quantitative estimate of drug-likeness (QED) is 0.671. The molecule has 0 amide bonds. The largest absolute Gasteiger partial charge is 0.504 e. The highest BCUT2D eigenvalue weighted by molar-refractivity contribution is 6.09. The number of hydrogen-bond acceptors (Lipinski definition) is 5. The van der Waals surface area contributed by atoms with Crippen molar-refractivity contribution in [3.05, 3.63) is 71.5 Å². The van der Waals surface area contributed by atoms with E-state index in [1.807, 2.05) is 41.0 Å². The molecule has 1 aromatic heterocycles. The molecule has 0 bridgehead atoms. The number of piperidine rings is 1. The number of carbonyl (C=O) groups is 1. The molecule has 148 valence electrons. The number of aromatic hydroxyl groups is 1. The van der Waals surface area contributed by atoms with Crippen LogP contribution in [0.25, 0.3) is 5.69 Å². The fourth-order valence-corrected chi connectivity index (χ4v) is 4.38. The molecule has 6 nitrogen and oxygen atoms in total. The number of phenols is 1. The Kier molecular flexibility index (Phi) is 4.10. The number of nitrogens with zero attached hydrogens (tertiary/aromatic N) is 1. The maximum atomic E-state index is 13.4. The predicted octanol–water partition coefficient (Wildman–Crippen LogP) is 3.39. The first-order valence-electron chi connectivity index (χ1n) is 9.76. The van der Waals surface area contributed by atoms with Gasteiger partial charge in [-0.2, -0.15) is 0 Å². The Morgan fingerprint density at radius 1 is 1.14 bits per heavy atom. The van der Waals surface area contributed by atoms with Gasteiger partial charge in [0.1, 0.15) is 5.75 Å². The monoisotopic (exact) mass is 390 g/mol. The molecule has 2 aromatic carbocycles. The predicted molar refractivity (Wildman–Crippen MR) is 108 cm³/mol. The van der Waals surface area contributed by atoms with E-state index >= 15 is 0 Å². The third-order valence-corrected chi connectivity index (χ3v) is 5.84. The lowest BCUT2D eigenvalue weighted by atomic mass is 9.87. The second-order valence-corrected chi connectivity index (χ2v) is 7.47. The summed E-state index contributed by atoms with van der Waals surface area (Å²) in [6.07, 6.45) is 1.68. The molecule has 6 heteroatoms. The van der Waals surface area contributed by atoms with E-state index in [1.165, 1.54) is 13.2 Å². The summed E-state index contributed by atoms with van der Waals surface area (Å²) >= 11 is 0. The Morgan fingerprint density at radius 3 is 2.72 bits per heavy atom. The molecular formula is C23H22N2O4. The molecule has 2 N–H and O–H groups in total. The molecule has 1 saturated heterocycles. The van der Waals surface area contributed by atoms with Crippen molar-refractivity contribution in [2.45, 2.75) is 18.4 Å². The maximum Gasteiger partial charge on any atom is 0.209 e. The van der Waals surface area contributed by atoms with E-state index in [9.17, 15) is 9.90 Å². The summed E-state index contributed by atoms with van der Waals surface area (Å²) < 4.78 is 13.7. The fraction of sp³-hybridized carbons (Fsp3) is 0.261. The van der Waals surface area contributed by atoms with E-state index in [-0.39, 0.29) is 17.3 Å². The van der Waals surface area contributed by atoms with Crippen LogP contribution in [-0.4, -0.2) is 35.7 Å². The van der Waals surface area contributed by atoms with Crippen LogP contribution in [0.5, 0.6) is 17.2 Å². The summed E-state index contributed by atoms with van der Waals surface area (Å²) in [4.78, 5) is 13.4. The number of ketones is 1. The molecule has 0 saturated carbocycles. The van der Waals surface area contributed by atoms with Gasteiger partial charge in [0.25, 0.3) is 0 Å². The Labute approximate surface area is 168 Å². The maximum absolute atomic E-state index is 13.4. The van der Waals surface area contributed by atoms with Crippen LogP contribution in [0.1, 0.15) is 34.6 Å². The Morgan fingerprint density at radius 2 is 1.93 bits per heavy atom. The van der Waals surface area contributed by atoms with Gasteiger partial charge in [-0.15, -0.1) is 0 Å². The van der Waals surface area contributed by atoms with Crippen molar-refractivity contribution in [2.75, 3.05) is 20.2 Å². The molecule has 3 aromatic rings.